The summed E-state index contributed by atoms with van der Waals surface area (Å²) in [6, 6.07) is 8.52. The molecular weight excluding hydrogens is 222 g/mol. The third-order valence-corrected chi connectivity index (χ3v) is 3.45. The highest BCUT2D eigenvalue weighted by Gasteiger charge is 2.24. The van der Waals surface area contributed by atoms with E-state index in [1.165, 1.54) is 5.56 Å². The summed E-state index contributed by atoms with van der Waals surface area (Å²) in [4.78, 5) is 0. The first-order valence-corrected chi connectivity index (χ1v) is 6.82. The van der Waals surface area contributed by atoms with Crippen LogP contribution in [-0.4, -0.2) is 17.3 Å². The third-order valence-electron chi connectivity index (χ3n) is 3.45. The fraction of sp³-hybridized carbons (Fsp3) is 0.625. The van der Waals surface area contributed by atoms with Crippen LogP contribution in [0.4, 0.5) is 0 Å². The zero-order valence-corrected chi connectivity index (χ0v) is 12.2. The summed E-state index contributed by atoms with van der Waals surface area (Å²) < 4.78 is 0. The van der Waals surface area contributed by atoms with Crippen LogP contribution in [0.1, 0.15) is 51.7 Å². The Bertz CT molecular complexity index is 364. The van der Waals surface area contributed by atoms with Crippen LogP contribution in [0.2, 0.25) is 0 Å². The quantitative estimate of drug-likeness (QED) is 0.842. The van der Waals surface area contributed by atoms with Crippen molar-refractivity contribution in [2.24, 2.45) is 5.73 Å². The van der Waals surface area contributed by atoms with Crippen LogP contribution in [0.15, 0.2) is 24.3 Å². The molecule has 0 aliphatic heterocycles. The van der Waals surface area contributed by atoms with Crippen LogP contribution in [0.3, 0.4) is 0 Å². The molecule has 0 fully saturated rings. The summed E-state index contributed by atoms with van der Waals surface area (Å²) in [5.41, 5.74) is 7.59. The predicted octanol–water partition coefficient (Wildman–Crippen LogP) is 3.02. The molecule has 0 amide bonds. The van der Waals surface area contributed by atoms with E-state index in [1.54, 1.807) is 0 Å². The fourth-order valence-corrected chi connectivity index (χ4v) is 2.23. The largest absolute Gasteiger partial charge is 0.388 e. The maximum atomic E-state index is 10.4. The van der Waals surface area contributed by atoms with Crippen molar-refractivity contribution >= 4 is 0 Å². The average Bonchev–Trinajstić information content (AvgIpc) is 2.29. The highest BCUT2D eigenvalue weighted by atomic mass is 16.3. The summed E-state index contributed by atoms with van der Waals surface area (Å²) >= 11 is 0. The molecule has 0 aliphatic carbocycles. The Balaban J connectivity index is 2.80. The molecule has 102 valence electrons. The number of hydrogen-bond acceptors (Lipinski definition) is 2. The van der Waals surface area contributed by atoms with Crippen molar-refractivity contribution in [1.82, 2.24) is 0 Å². The molecule has 1 aromatic carbocycles. The Labute approximate surface area is 111 Å². The van der Waals surface area contributed by atoms with Gasteiger partial charge in [0, 0.05) is 13.0 Å². The number of rotatable bonds is 5. The summed E-state index contributed by atoms with van der Waals surface area (Å²) in [5, 5.41) is 10.4. The molecule has 0 saturated carbocycles. The van der Waals surface area contributed by atoms with Gasteiger partial charge in [0.15, 0.2) is 0 Å². The highest BCUT2D eigenvalue weighted by Crippen LogP contribution is 2.24. The molecule has 0 bridgehead atoms. The van der Waals surface area contributed by atoms with E-state index in [-0.39, 0.29) is 5.41 Å². The molecule has 0 radical (unpaired) electrons. The normalized spacial score (nSPS) is 15.4. The summed E-state index contributed by atoms with van der Waals surface area (Å²) in [7, 11) is 0. The van der Waals surface area contributed by atoms with E-state index in [1.807, 2.05) is 0 Å². The molecule has 3 N–H and O–H groups in total. The second-order valence-electron chi connectivity index (χ2n) is 6.30. The Morgan fingerprint density at radius 2 is 1.67 bits per heavy atom. The third kappa shape index (κ3) is 4.11. The number of hydrogen-bond donors (Lipinski definition) is 2. The lowest BCUT2D eigenvalue weighted by molar-refractivity contribution is 0.0399. The standard InChI is InChI=1S/C16H27NO/c1-5-10-16(18,12-17)11-13-6-8-14(9-7-13)15(2,3)4/h6-9,18H,5,10-12,17H2,1-4H3. The van der Waals surface area contributed by atoms with Crippen LogP contribution in [0, 0.1) is 0 Å². The number of benzene rings is 1. The molecule has 2 nitrogen and oxygen atoms in total. The maximum absolute atomic E-state index is 10.4. The first kappa shape index (κ1) is 15.2. The van der Waals surface area contributed by atoms with E-state index in [2.05, 4.69) is 52.0 Å². The van der Waals surface area contributed by atoms with Gasteiger partial charge in [-0.1, -0.05) is 58.4 Å². The molecule has 0 aromatic heterocycles. The van der Waals surface area contributed by atoms with Crippen LogP contribution in [0.5, 0.6) is 0 Å². The van der Waals surface area contributed by atoms with Crippen molar-refractivity contribution in [1.29, 1.82) is 0 Å². The Kier molecular flexibility index (Phi) is 4.94. The molecule has 1 aromatic rings. The van der Waals surface area contributed by atoms with Crippen LogP contribution in [0.25, 0.3) is 0 Å². The highest BCUT2D eigenvalue weighted by molar-refractivity contribution is 5.28. The van der Waals surface area contributed by atoms with Crippen molar-refractivity contribution in [2.45, 2.75) is 58.0 Å². The summed E-state index contributed by atoms with van der Waals surface area (Å²) in [6.45, 7) is 9.01. The van der Waals surface area contributed by atoms with E-state index in [0.717, 1.165) is 18.4 Å². The average molecular weight is 249 g/mol. The van der Waals surface area contributed by atoms with Crippen molar-refractivity contribution in [3.63, 3.8) is 0 Å². The van der Waals surface area contributed by atoms with E-state index in [4.69, 9.17) is 5.73 Å². The molecule has 18 heavy (non-hydrogen) atoms. The lowest BCUT2D eigenvalue weighted by atomic mass is 9.85. The van der Waals surface area contributed by atoms with E-state index in [9.17, 15) is 5.11 Å². The molecule has 0 aliphatic rings. The fourth-order valence-electron chi connectivity index (χ4n) is 2.23. The van der Waals surface area contributed by atoms with Crippen molar-refractivity contribution in [3.05, 3.63) is 35.4 Å². The van der Waals surface area contributed by atoms with Gasteiger partial charge in [0.25, 0.3) is 0 Å². The van der Waals surface area contributed by atoms with Gasteiger partial charge in [-0.25, -0.2) is 0 Å². The Hall–Kier alpha value is -0.860. The van der Waals surface area contributed by atoms with Crippen molar-refractivity contribution < 1.29 is 5.11 Å². The maximum Gasteiger partial charge on any atom is 0.0809 e. The smallest absolute Gasteiger partial charge is 0.0809 e. The zero-order valence-electron chi connectivity index (χ0n) is 12.2. The van der Waals surface area contributed by atoms with Crippen LogP contribution >= 0.6 is 0 Å². The number of aliphatic hydroxyl groups is 1. The first-order valence-electron chi connectivity index (χ1n) is 6.82. The topological polar surface area (TPSA) is 46.2 Å². The minimum atomic E-state index is -0.752. The molecule has 1 unspecified atom stereocenters. The number of nitrogens with two attached hydrogens (primary N) is 1. The molecule has 0 heterocycles. The van der Waals surface area contributed by atoms with Gasteiger partial charge in [0.1, 0.15) is 0 Å². The lowest BCUT2D eigenvalue weighted by Gasteiger charge is -2.26. The van der Waals surface area contributed by atoms with Crippen molar-refractivity contribution in [2.75, 3.05) is 6.54 Å². The van der Waals surface area contributed by atoms with Gasteiger partial charge < -0.3 is 10.8 Å². The predicted molar refractivity (Wildman–Crippen MR) is 77.8 cm³/mol. The monoisotopic (exact) mass is 249 g/mol. The minimum absolute atomic E-state index is 0.173. The van der Waals surface area contributed by atoms with E-state index < -0.39 is 5.60 Å². The van der Waals surface area contributed by atoms with Gasteiger partial charge >= 0.3 is 0 Å². The molecule has 0 saturated heterocycles. The molecule has 1 atom stereocenters. The minimum Gasteiger partial charge on any atom is -0.388 e. The Morgan fingerprint density at radius 3 is 2.06 bits per heavy atom. The molecular formula is C16H27NO. The molecule has 2 heteroatoms. The summed E-state index contributed by atoms with van der Waals surface area (Å²) in [6.07, 6.45) is 2.35. The van der Waals surface area contributed by atoms with Crippen LogP contribution < -0.4 is 5.73 Å². The van der Waals surface area contributed by atoms with Crippen LogP contribution in [-0.2, 0) is 11.8 Å². The second kappa shape index (κ2) is 5.85. The van der Waals surface area contributed by atoms with Gasteiger partial charge in [0.05, 0.1) is 5.60 Å². The van der Waals surface area contributed by atoms with Gasteiger partial charge in [-0.3, -0.25) is 0 Å². The lowest BCUT2D eigenvalue weighted by Crippen LogP contribution is -2.39. The van der Waals surface area contributed by atoms with Gasteiger partial charge in [0.2, 0.25) is 0 Å². The van der Waals surface area contributed by atoms with E-state index >= 15 is 0 Å². The summed E-state index contributed by atoms with van der Waals surface area (Å²) in [5.74, 6) is 0. The molecule has 1 rings (SSSR count). The van der Waals surface area contributed by atoms with Crippen molar-refractivity contribution in [3.8, 4) is 0 Å². The van der Waals surface area contributed by atoms with Gasteiger partial charge in [-0.05, 0) is 23.0 Å². The SMILES string of the molecule is CCCC(O)(CN)Cc1ccc(C(C)(C)C)cc1. The zero-order chi connectivity index (χ0) is 13.8. The molecule has 0 spiro atoms. The second-order valence-corrected chi connectivity index (χ2v) is 6.30. The Morgan fingerprint density at radius 1 is 1.11 bits per heavy atom. The van der Waals surface area contributed by atoms with Gasteiger partial charge in [-0.15, -0.1) is 0 Å². The van der Waals surface area contributed by atoms with Gasteiger partial charge in [-0.2, -0.15) is 0 Å². The van der Waals surface area contributed by atoms with E-state index in [0.29, 0.717) is 13.0 Å². The first-order chi connectivity index (χ1) is 8.30.